The lowest BCUT2D eigenvalue weighted by atomic mass is 9.33. The first-order chi connectivity index (χ1) is 36.2. The van der Waals surface area contributed by atoms with Gasteiger partial charge in [-0.1, -0.05) is 175 Å². The Morgan fingerprint density at radius 3 is 1.72 bits per heavy atom. The van der Waals surface area contributed by atoms with Crippen LogP contribution in [0.1, 0.15) is 90.0 Å². The van der Waals surface area contributed by atoms with Gasteiger partial charge in [0.1, 0.15) is 5.82 Å². The summed E-state index contributed by atoms with van der Waals surface area (Å²) < 4.78 is 15.7. The van der Waals surface area contributed by atoms with Gasteiger partial charge in [-0.05, 0) is 177 Å². The van der Waals surface area contributed by atoms with Crippen molar-refractivity contribution in [3.8, 4) is 33.4 Å². The summed E-state index contributed by atoms with van der Waals surface area (Å²) in [5, 5.41) is 0. The number of hydrogen-bond acceptors (Lipinski definition) is 3. The highest BCUT2D eigenvalue weighted by Gasteiger charge is 2.60. The summed E-state index contributed by atoms with van der Waals surface area (Å²) in [6.45, 7) is 16.6. The average molecular weight is 976 g/mol. The molecule has 0 amide bonds. The van der Waals surface area contributed by atoms with E-state index in [1.54, 1.807) is 6.07 Å². The van der Waals surface area contributed by atoms with E-state index in [1.807, 2.05) is 6.07 Å². The van der Waals surface area contributed by atoms with Gasteiger partial charge in [0, 0.05) is 50.8 Å². The number of anilines is 8. The molecule has 5 aliphatic rings. The lowest BCUT2D eigenvalue weighted by Crippen LogP contribution is -2.61. The minimum Gasteiger partial charge on any atom is -0.334 e. The van der Waals surface area contributed by atoms with Gasteiger partial charge in [0.25, 0.3) is 6.71 Å². The number of fused-ring (bicyclic) bond motifs is 8. The molecule has 0 saturated heterocycles. The highest BCUT2D eigenvalue weighted by molar-refractivity contribution is 7.00. The van der Waals surface area contributed by atoms with E-state index in [-0.39, 0.29) is 34.3 Å². The van der Waals surface area contributed by atoms with Crippen molar-refractivity contribution in [2.75, 3.05) is 14.7 Å². The van der Waals surface area contributed by atoms with Crippen LogP contribution in [-0.2, 0) is 23.7 Å². The van der Waals surface area contributed by atoms with Crippen molar-refractivity contribution in [3.05, 3.63) is 222 Å². The second-order valence-corrected chi connectivity index (χ2v) is 24.6. The standard InChI is InChI=1S/C70H63BFN3/c1-67(2,3)52-27-32-60(56(39-52)48-22-15-10-16-23-48)74-63-38-51-44-68(4,5)43-50(51)37-59(63)71-58-36-49(46-20-13-9-14-21-46)26-31-62(58)73(54-29-24-47(25-30-54)45-18-11-8-12-19-45)64-41-55(42-65(74)66(64)71)75-61-33-28-53(72)40-57(61)69(6)34-17-35-70(69,75)7/h8-16,18-33,36-42H,17,34-35,43-44H2,1-7H3. The molecular formula is C70H63BFN3. The Morgan fingerprint density at radius 1 is 0.467 bits per heavy atom. The molecule has 5 heteroatoms. The number of halogens is 1. The Hall–Kier alpha value is -7.63. The van der Waals surface area contributed by atoms with Crippen LogP contribution in [0.5, 0.6) is 0 Å². The quantitative estimate of drug-likeness (QED) is 0.154. The summed E-state index contributed by atoms with van der Waals surface area (Å²) in [5.41, 5.74) is 25.3. The largest absolute Gasteiger partial charge is 0.334 e. The van der Waals surface area contributed by atoms with E-state index < -0.39 is 0 Å². The van der Waals surface area contributed by atoms with Gasteiger partial charge in [0.05, 0.1) is 11.2 Å². The molecule has 9 aromatic carbocycles. The molecule has 14 rings (SSSR count). The minimum atomic E-state index is -0.295. The van der Waals surface area contributed by atoms with Crippen LogP contribution in [0.3, 0.4) is 0 Å². The molecule has 2 unspecified atom stereocenters. The highest BCUT2D eigenvalue weighted by atomic mass is 19.1. The van der Waals surface area contributed by atoms with Gasteiger partial charge in [0.2, 0.25) is 0 Å². The van der Waals surface area contributed by atoms with Crippen LogP contribution in [0.15, 0.2) is 194 Å². The van der Waals surface area contributed by atoms with Gasteiger partial charge in [-0.25, -0.2) is 4.39 Å². The Bertz CT molecular complexity index is 3770. The second kappa shape index (κ2) is 16.4. The zero-order valence-electron chi connectivity index (χ0n) is 44.3. The molecule has 2 atom stereocenters. The predicted molar refractivity (Wildman–Crippen MR) is 315 cm³/mol. The molecule has 3 aliphatic heterocycles. The van der Waals surface area contributed by atoms with Crippen molar-refractivity contribution in [1.29, 1.82) is 0 Å². The fourth-order valence-corrected chi connectivity index (χ4v) is 14.5. The maximum Gasteiger partial charge on any atom is 0.252 e. The summed E-state index contributed by atoms with van der Waals surface area (Å²) in [6, 6.07) is 72.1. The van der Waals surface area contributed by atoms with Crippen molar-refractivity contribution in [1.82, 2.24) is 0 Å². The van der Waals surface area contributed by atoms with Gasteiger partial charge >= 0.3 is 0 Å². The molecule has 0 N–H and O–H groups in total. The second-order valence-electron chi connectivity index (χ2n) is 24.6. The lowest BCUT2D eigenvalue weighted by Gasteiger charge is -2.47. The van der Waals surface area contributed by atoms with Crippen LogP contribution in [0.25, 0.3) is 33.4 Å². The van der Waals surface area contributed by atoms with Crippen LogP contribution in [0.2, 0.25) is 0 Å². The Balaban J connectivity index is 1.12. The molecular weight excluding hydrogens is 913 g/mol. The van der Waals surface area contributed by atoms with E-state index in [0.717, 1.165) is 60.4 Å². The summed E-state index contributed by atoms with van der Waals surface area (Å²) in [6.07, 6.45) is 5.16. The van der Waals surface area contributed by atoms with Crippen LogP contribution in [-0.4, -0.2) is 12.3 Å². The van der Waals surface area contributed by atoms with E-state index in [1.165, 1.54) is 89.2 Å². The summed E-state index contributed by atoms with van der Waals surface area (Å²) in [4.78, 5) is 7.86. The zero-order chi connectivity index (χ0) is 51.2. The van der Waals surface area contributed by atoms with Crippen molar-refractivity contribution >= 4 is 68.6 Å². The third kappa shape index (κ3) is 6.99. The maximum absolute atomic E-state index is 15.7. The number of rotatable bonds is 6. The van der Waals surface area contributed by atoms with E-state index in [4.69, 9.17) is 0 Å². The van der Waals surface area contributed by atoms with Crippen LogP contribution in [0, 0.1) is 11.2 Å². The molecule has 9 aromatic rings. The molecule has 3 nitrogen and oxygen atoms in total. The van der Waals surface area contributed by atoms with Crippen LogP contribution < -0.4 is 31.1 Å². The Morgan fingerprint density at radius 2 is 1.04 bits per heavy atom. The summed E-state index contributed by atoms with van der Waals surface area (Å²) in [7, 11) is 0. The van der Waals surface area contributed by atoms with Gasteiger partial charge in [-0.15, -0.1) is 0 Å². The van der Waals surface area contributed by atoms with Crippen LogP contribution in [0.4, 0.5) is 49.9 Å². The molecule has 2 aliphatic carbocycles. The van der Waals surface area contributed by atoms with E-state index in [9.17, 15) is 0 Å². The van der Waals surface area contributed by atoms with Crippen molar-refractivity contribution in [2.45, 2.75) is 96.9 Å². The molecule has 1 saturated carbocycles. The molecule has 75 heavy (non-hydrogen) atoms. The van der Waals surface area contributed by atoms with Gasteiger partial charge in [0.15, 0.2) is 0 Å². The monoisotopic (exact) mass is 976 g/mol. The van der Waals surface area contributed by atoms with Crippen molar-refractivity contribution < 1.29 is 4.39 Å². The first kappa shape index (κ1) is 45.9. The van der Waals surface area contributed by atoms with E-state index in [0.29, 0.717) is 0 Å². The molecule has 0 aromatic heterocycles. The minimum absolute atomic E-state index is 0.0683. The predicted octanol–water partition coefficient (Wildman–Crippen LogP) is 16.7. The van der Waals surface area contributed by atoms with Gasteiger partial charge in [-0.2, -0.15) is 0 Å². The smallest absolute Gasteiger partial charge is 0.252 e. The third-order valence-corrected chi connectivity index (χ3v) is 18.3. The van der Waals surface area contributed by atoms with Gasteiger partial charge < -0.3 is 14.7 Å². The summed E-state index contributed by atoms with van der Waals surface area (Å²) in [5.74, 6) is -0.170. The van der Waals surface area contributed by atoms with E-state index >= 15 is 4.39 Å². The molecule has 0 bridgehead atoms. The van der Waals surface area contributed by atoms with Crippen LogP contribution >= 0.6 is 0 Å². The molecule has 1 fully saturated rings. The maximum atomic E-state index is 15.7. The lowest BCUT2D eigenvalue weighted by molar-refractivity contribution is 0.330. The first-order valence-electron chi connectivity index (χ1n) is 27.3. The fraction of sp³-hybridized carbons (Fsp3) is 0.229. The SMILES string of the molecule is CC1(C)Cc2cc3c(cc2C1)N(c1ccc(C(C)(C)C)cc1-c1ccccc1)c1cc(N2c4ccc(F)cc4C4(C)CCCC24C)cc2c1B3c1cc(-c3ccccc3)ccc1N2c1ccc(-c2ccccc2)cc1. The first-order valence-corrected chi connectivity index (χ1v) is 27.3. The number of nitrogens with zero attached hydrogens (tertiary/aromatic N) is 3. The average Bonchev–Trinajstić information content (AvgIpc) is 4.01. The van der Waals surface area contributed by atoms with E-state index in [2.05, 4.69) is 245 Å². The molecule has 3 heterocycles. The van der Waals surface area contributed by atoms with Crippen molar-refractivity contribution in [2.24, 2.45) is 5.41 Å². The molecule has 0 spiro atoms. The third-order valence-electron chi connectivity index (χ3n) is 18.3. The topological polar surface area (TPSA) is 9.72 Å². The Kier molecular flexibility index (Phi) is 10.1. The zero-order valence-corrected chi connectivity index (χ0v) is 44.3. The fourth-order valence-electron chi connectivity index (χ4n) is 14.5. The summed E-state index contributed by atoms with van der Waals surface area (Å²) >= 11 is 0. The van der Waals surface area contributed by atoms with Gasteiger partial charge in [-0.3, -0.25) is 0 Å². The highest BCUT2D eigenvalue weighted by Crippen LogP contribution is 2.63. The Labute approximate surface area is 443 Å². The van der Waals surface area contributed by atoms with Crippen molar-refractivity contribution in [3.63, 3.8) is 0 Å². The molecule has 368 valence electrons. The molecule has 0 radical (unpaired) electrons. The number of hydrogen-bond donors (Lipinski definition) is 0. The number of benzene rings is 9. The normalized spacial score (nSPS) is 19.6.